The van der Waals surface area contributed by atoms with Crippen molar-refractivity contribution in [2.75, 3.05) is 18.4 Å². The highest BCUT2D eigenvalue weighted by molar-refractivity contribution is 5.80. The van der Waals surface area contributed by atoms with Gasteiger partial charge in [-0.3, -0.25) is 4.79 Å². The highest BCUT2D eigenvalue weighted by atomic mass is 16.5. The molecule has 0 heterocycles. The lowest BCUT2D eigenvalue weighted by Crippen LogP contribution is -2.33. The number of anilines is 1. The van der Waals surface area contributed by atoms with Crippen molar-refractivity contribution in [2.24, 2.45) is 0 Å². The van der Waals surface area contributed by atoms with Crippen molar-refractivity contribution in [1.82, 2.24) is 5.32 Å². The highest BCUT2D eigenvalue weighted by Crippen LogP contribution is 2.19. The van der Waals surface area contributed by atoms with Gasteiger partial charge in [-0.25, -0.2) is 0 Å². The molecule has 2 aromatic rings. The zero-order valence-corrected chi connectivity index (χ0v) is 14.0. The number of amides is 1. The molecule has 1 unspecified atom stereocenters. The lowest BCUT2D eigenvalue weighted by molar-refractivity contribution is -0.119. The molecule has 0 aliphatic carbocycles. The van der Waals surface area contributed by atoms with Crippen LogP contribution in [-0.4, -0.2) is 30.2 Å². The number of ether oxygens (including phenoxy) is 1. The topological polar surface area (TPSA) is 70.6 Å². The van der Waals surface area contributed by atoms with Crippen molar-refractivity contribution in [1.29, 1.82) is 0 Å². The van der Waals surface area contributed by atoms with E-state index in [-0.39, 0.29) is 25.1 Å². The Morgan fingerprint density at radius 3 is 2.58 bits per heavy atom. The Balaban J connectivity index is 1.79. The summed E-state index contributed by atoms with van der Waals surface area (Å²) in [5.41, 5.74) is 1.59. The van der Waals surface area contributed by atoms with Gasteiger partial charge in [0.2, 0.25) is 5.91 Å². The molecule has 3 N–H and O–H groups in total. The fraction of sp³-hybridized carbons (Fsp3) is 0.316. The molecule has 0 aliphatic rings. The highest BCUT2D eigenvalue weighted by Gasteiger charge is 2.11. The minimum atomic E-state index is -0.776. The van der Waals surface area contributed by atoms with Crippen molar-refractivity contribution < 1.29 is 14.6 Å². The largest absolute Gasteiger partial charge is 0.491 e. The van der Waals surface area contributed by atoms with Gasteiger partial charge >= 0.3 is 0 Å². The standard InChI is InChI=1S/C19H24N2O3/c1-14(2)24-17-10-6-7-15(11-17)18(22)12-21-19(23)13-20-16-8-4-3-5-9-16/h3-11,14,18,20,22H,12-13H2,1-2H3,(H,21,23). The van der Waals surface area contributed by atoms with Crippen LogP contribution < -0.4 is 15.4 Å². The molecule has 0 saturated carbocycles. The third kappa shape index (κ3) is 5.93. The molecule has 24 heavy (non-hydrogen) atoms. The first-order chi connectivity index (χ1) is 11.5. The molecule has 0 aromatic heterocycles. The summed E-state index contributed by atoms with van der Waals surface area (Å²) in [7, 11) is 0. The normalized spacial score (nSPS) is 11.8. The van der Waals surface area contributed by atoms with Crippen LogP contribution in [0.1, 0.15) is 25.5 Å². The van der Waals surface area contributed by atoms with Crippen molar-refractivity contribution in [2.45, 2.75) is 26.1 Å². The summed E-state index contributed by atoms with van der Waals surface area (Å²) in [5, 5.41) is 16.0. The Kier molecular flexibility index (Phi) is 6.63. The molecule has 2 rings (SSSR count). The van der Waals surface area contributed by atoms with E-state index in [1.54, 1.807) is 6.07 Å². The Morgan fingerprint density at radius 1 is 1.12 bits per heavy atom. The van der Waals surface area contributed by atoms with Crippen LogP contribution in [0.3, 0.4) is 0 Å². The fourth-order valence-corrected chi connectivity index (χ4v) is 2.20. The van der Waals surface area contributed by atoms with Gasteiger partial charge in [-0.15, -0.1) is 0 Å². The molecular weight excluding hydrogens is 304 g/mol. The fourth-order valence-electron chi connectivity index (χ4n) is 2.20. The average Bonchev–Trinajstić information content (AvgIpc) is 2.58. The van der Waals surface area contributed by atoms with Gasteiger partial charge in [0.25, 0.3) is 0 Å². The van der Waals surface area contributed by atoms with Gasteiger partial charge in [0.15, 0.2) is 0 Å². The van der Waals surface area contributed by atoms with Gasteiger partial charge < -0.3 is 20.5 Å². The van der Waals surface area contributed by atoms with Gasteiger partial charge in [-0.2, -0.15) is 0 Å². The molecule has 2 aromatic carbocycles. The van der Waals surface area contributed by atoms with Gasteiger partial charge in [-0.1, -0.05) is 30.3 Å². The molecule has 1 amide bonds. The molecule has 1 atom stereocenters. The molecule has 5 nitrogen and oxygen atoms in total. The summed E-state index contributed by atoms with van der Waals surface area (Å²) in [6.45, 7) is 4.21. The number of aliphatic hydroxyl groups excluding tert-OH is 1. The third-order valence-corrected chi connectivity index (χ3v) is 3.33. The van der Waals surface area contributed by atoms with E-state index >= 15 is 0 Å². The average molecular weight is 328 g/mol. The maximum atomic E-state index is 11.9. The summed E-state index contributed by atoms with van der Waals surface area (Å²) in [6.07, 6.45) is -0.706. The molecule has 0 aliphatic heterocycles. The SMILES string of the molecule is CC(C)Oc1cccc(C(O)CNC(=O)CNc2ccccc2)c1. The van der Waals surface area contributed by atoms with Crippen LogP contribution in [0, 0.1) is 0 Å². The minimum absolute atomic E-state index is 0.0705. The van der Waals surface area contributed by atoms with Crippen molar-refractivity contribution >= 4 is 11.6 Å². The molecule has 0 saturated heterocycles. The van der Waals surface area contributed by atoms with Crippen LogP contribution in [-0.2, 0) is 4.79 Å². The first-order valence-electron chi connectivity index (χ1n) is 8.05. The molecule has 128 valence electrons. The molecule has 5 heteroatoms. The van der Waals surface area contributed by atoms with E-state index in [1.165, 1.54) is 0 Å². The Hall–Kier alpha value is -2.53. The van der Waals surface area contributed by atoms with Crippen LogP contribution in [0.5, 0.6) is 5.75 Å². The van der Waals surface area contributed by atoms with Gasteiger partial charge in [0.1, 0.15) is 5.75 Å². The molecule has 0 fully saturated rings. The maximum absolute atomic E-state index is 11.9. The Bertz CT molecular complexity index is 644. The number of hydrogen-bond acceptors (Lipinski definition) is 4. The summed E-state index contributed by atoms with van der Waals surface area (Å²) in [6, 6.07) is 16.8. The number of nitrogens with one attached hydrogen (secondary N) is 2. The van der Waals surface area contributed by atoms with E-state index in [9.17, 15) is 9.90 Å². The third-order valence-electron chi connectivity index (χ3n) is 3.33. The lowest BCUT2D eigenvalue weighted by atomic mass is 10.1. The second-order valence-corrected chi connectivity index (χ2v) is 5.78. The van der Waals surface area contributed by atoms with Crippen molar-refractivity contribution in [3.05, 3.63) is 60.2 Å². The van der Waals surface area contributed by atoms with Gasteiger partial charge in [0, 0.05) is 12.2 Å². The number of aliphatic hydroxyl groups is 1. The van der Waals surface area contributed by atoms with Crippen molar-refractivity contribution in [3.63, 3.8) is 0 Å². The zero-order valence-electron chi connectivity index (χ0n) is 14.0. The lowest BCUT2D eigenvalue weighted by Gasteiger charge is -2.15. The predicted molar refractivity (Wildman–Crippen MR) is 95.1 cm³/mol. The number of carbonyl (C=O) groups is 1. The first-order valence-corrected chi connectivity index (χ1v) is 8.05. The smallest absolute Gasteiger partial charge is 0.239 e. The Morgan fingerprint density at radius 2 is 1.88 bits per heavy atom. The number of para-hydroxylation sites is 1. The van der Waals surface area contributed by atoms with Gasteiger partial charge in [-0.05, 0) is 43.7 Å². The first kappa shape index (κ1) is 17.8. The quantitative estimate of drug-likeness (QED) is 0.697. The summed E-state index contributed by atoms with van der Waals surface area (Å²) in [5.74, 6) is 0.533. The second kappa shape index (κ2) is 8.93. The summed E-state index contributed by atoms with van der Waals surface area (Å²) in [4.78, 5) is 11.9. The molecule has 0 spiro atoms. The van der Waals surface area contributed by atoms with E-state index in [0.29, 0.717) is 11.3 Å². The van der Waals surface area contributed by atoms with E-state index in [4.69, 9.17) is 4.74 Å². The zero-order chi connectivity index (χ0) is 17.4. The van der Waals surface area contributed by atoms with E-state index in [1.807, 2.05) is 62.4 Å². The predicted octanol–water partition coefficient (Wildman–Crippen LogP) is 2.74. The number of rotatable bonds is 8. The van der Waals surface area contributed by atoms with Crippen molar-refractivity contribution in [3.8, 4) is 5.75 Å². The summed E-state index contributed by atoms with van der Waals surface area (Å²) >= 11 is 0. The Labute approximate surface area is 142 Å². The van der Waals surface area contributed by atoms with Crippen LogP contribution >= 0.6 is 0 Å². The van der Waals surface area contributed by atoms with E-state index < -0.39 is 6.10 Å². The summed E-state index contributed by atoms with van der Waals surface area (Å²) < 4.78 is 5.61. The maximum Gasteiger partial charge on any atom is 0.239 e. The molecule has 0 radical (unpaired) electrons. The number of hydrogen-bond donors (Lipinski definition) is 3. The van der Waals surface area contributed by atoms with Crippen LogP contribution in [0.4, 0.5) is 5.69 Å². The van der Waals surface area contributed by atoms with E-state index in [0.717, 1.165) is 5.69 Å². The monoisotopic (exact) mass is 328 g/mol. The molecule has 0 bridgehead atoms. The van der Waals surface area contributed by atoms with Crippen LogP contribution in [0.15, 0.2) is 54.6 Å². The number of benzene rings is 2. The minimum Gasteiger partial charge on any atom is -0.491 e. The second-order valence-electron chi connectivity index (χ2n) is 5.78. The van der Waals surface area contributed by atoms with Crippen LogP contribution in [0.2, 0.25) is 0 Å². The van der Waals surface area contributed by atoms with Crippen LogP contribution in [0.25, 0.3) is 0 Å². The molecular formula is C19H24N2O3. The number of carbonyl (C=O) groups excluding carboxylic acids is 1. The van der Waals surface area contributed by atoms with E-state index in [2.05, 4.69) is 10.6 Å². The van der Waals surface area contributed by atoms with Gasteiger partial charge in [0.05, 0.1) is 18.8 Å².